The molecule has 2 aromatic carbocycles. The van der Waals surface area contributed by atoms with E-state index in [4.69, 9.17) is 20.9 Å². The average molecular weight is 326 g/mol. The molecule has 0 unspecified atom stereocenters. The first-order valence-electron chi connectivity index (χ1n) is 7.26. The largest absolute Gasteiger partial charge is 0.490 e. The van der Waals surface area contributed by atoms with Crippen molar-refractivity contribution in [1.29, 1.82) is 0 Å². The number of esters is 1. The van der Waals surface area contributed by atoms with Gasteiger partial charge in [-0.25, -0.2) is 4.79 Å². The zero-order chi connectivity index (χ0) is 17.4. The minimum Gasteiger partial charge on any atom is -0.490 e. The van der Waals surface area contributed by atoms with E-state index in [-0.39, 0.29) is 5.96 Å². The second kappa shape index (κ2) is 8.33. The van der Waals surface area contributed by atoms with Gasteiger partial charge >= 0.3 is 5.97 Å². The molecule has 0 amide bonds. The molecule has 2 aromatic rings. The molecule has 0 saturated heterocycles. The lowest BCUT2D eigenvalue weighted by molar-refractivity contribution is 0.0728. The summed E-state index contributed by atoms with van der Waals surface area (Å²) in [7, 11) is 0. The number of carbonyl (C=O) groups is 1. The summed E-state index contributed by atoms with van der Waals surface area (Å²) in [5, 5.41) is 7.25. The summed E-state index contributed by atoms with van der Waals surface area (Å²) in [5.41, 5.74) is 11.6. The fourth-order valence-electron chi connectivity index (χ4n) is 1.85. The monoisotopic (exact) mass is 326 g/mol. The third-order valence-electron chi connectivity index (χ3n) is 2.86. The molecular weight excluding hydrogens is 308 g/mol. The van der Waals surface area contributed by atoms with E-state index in [1.807, 2.05) is 13.0 Å². The molecular formula is C17H18N4O3. The van der Waals surface area contributed by atoms with Gasteiger partial charge in [-0.1, -0.05) is 18.2 Å². The van der Waals surface area contributed by atoms with Crippen LogP contribution in [-0.2, 0) is 0 Å². The maximum absolute atomic E-state index is 12.2. The van der Waals surface area contributed by atoms with Gasteiger partial charge < -0.3 is 20.9 Å². The number of carbonyl (C=O) groups excluding carboxylic acids is 1. The van der Waals surface area contributed by atoms with Crippen LogP contribution in [-0.4, -0.2) is 24.8 Å². The van der Waals surface area contributed by atoms with Crippen LogP contribution in [0.3, 0.4) is 0 Å². The van der Waals surface area contributed by atoms with E-state index in [0.717, 1.165) is 0 Å². The third-order valence-corrected chi connectivity index (χ3v) is 2.86. The van der Waals surface area contributed by atoms with Crippen LogP contribution in [0.15, 0.2) is 58.7 Å². The van der Waals surface area contributed by atoms with Crippen molar-refractivity contribution in [2.45, 2.75) is 6.92 Å². The average Bonchev–Trinajstić information content (AvgIpc) is 2.57. The summed E-state index contributed by atoms with van der Waals surface area (Å²) < 4.78 is 10.9. The molecule has 0 atom stereocenters. The predicted octanol–water partition coefficient (Wildman–Crippen LogP) is 1.91. The Labute approximate surface area is 139 Å². The van der Waals surface area contributed by atoms with Gasteiger partial charge in [0.05, 0.1) is 18.4 Å². The van der Waals surface area contributed by atoms with E-state index in [1.165, 1.54) is 6.21 Å². The summed E-state index contributed by atoms with van der Waals surface area (Å²) in [6.45, 7) is 2.26. The van der Waals surface area contributed by atoms with E-state index in [9.17, 15) is 4.79 Å². The van der Waals surface area contributed by atoms with E-state index < -0.39 is 5.97 Å². The maximum atomic E-state index is 12.2. The van der Waals surface area contributed by atoms with Gasteiger partial charge in [-0.15, -0.1) is 5.10 Å². The minimum atomic E-state index is -0.460. The van der Waals surface area contributed by atoms with Crippen LogP contribution >= 0.6 is 0 Å². The summed E-state index contributed by atoms with van der Waals surface area (Å²) in [6, 6.07) is 13.7. The standard InChI is InChI=1S/C17H18N4O3/c1-2-23-15-10-12(11-20-21-17(18)19)8-9-14(15)24-16(22)13-6-4-3-5-7-13/h3-11H,2H2,1H3,(H4,18,19,21). The van der Waals surface area contributed by atoms with E-state index in [0.29, 0.717) is 29.2 Å². The van der Waals surface area contributed by atoms with Crippen molar-refractivity contribution in [3.8, 4) is 11.5 Å². The van der Waals surface area contributed by atoms with E-state index in [1.54, 1.807) is 42.5 Å². The molecule has 0 aliphatic heterocycles. The topological polar surface area (TPSA) is 112 Å². The predicted molar refractivity (Wildman–Crippen MR) is 92.4 cm³/mol. The Morgan fingerprint density at radius 2 is 1.88 bits per heavy atom. The fourth-order valence-corrected chi connectivity index (χ4v) is 1.85. The highest BCUT2D eigenvalue weighted by Crippen LogP contribution is 2.28. The lowest BCUT2D eigenvalue weighted by Gasteiger charge is -2.11. The van der Waals surface area contributed by atoms with Gasteiger partial charge in [0.15, 0.2) is 11.5 Å². The van der Waals surface area contributed by atoms with Crippen LogP contribution in [0.4, 0.5) is 0 Å². The van der Waals surface area contributed by atoms with Crippen LogP contribution in [0.5, 0.6) is 11.5 Å². The van der Waals surface area contributed by atoms with Crippen LogP contribution in [0, 0.1) is 0 Å². The second-order valence-electron chi connectivity index (χ2n) is 4.66. The molecule has 7 heteroatoms. The molecule has 0 heterocycles. The molecule has 0 saturated carbocycles. The smallest absolute Gasteiger partial charge is 0.343 e. The molecule has 0 fully saturated rings. The molecule has 2 rings (SSSR count). The molecule has 0 bridgehead atoms. The number of rotatable bonds is 6. The van der Waals surface area contributed by atoms with Gasteiger partial charge in [0.2, 0.25) is 5.96 Å². The van der Waals surface area contributed by atoms with Crippen LogP contribution in [0.1, 0.15) is 22.8 Å². The number of benzene rings is 2. The molecule has 0 aliphatic carbocycles. The number of hydrogen-bond acceptors (Lipinski definition) is 5. The molecule has 24 heavy (non-hydrogen) atoms. The number of hydrogen-bond donors (Lipinski definition) is 2. The zero-order valence-corrected chi connectivity index (χ0v) is 13.2. The van der Waals surface area contributed by atoms with Crippen molar-refractivity contribution in [1.82, 2.24) is 0 Å². The van der Waals surface area contributed by atoms with Gasteiger partial charge in [-0.2, -0.15) is 5.10 Å². The van der Waals surface area contributed by atoms with Crippen molar-refractivity contribution in [3.63, 3.8) is 0 Å². The second-order valence-corrected chi connectivity index (χ2v) is 4.66. The minimum absolute atomic E-state index is 0.135. The normalized spacial score (nSPS) is 10.4. The van der Waals surface area contributed by atoms with Crippen molar-refractivity contribution in [2.24, 2.45) is 21.7 Å². The highest BCUT2D eigenvalue weighted by Gasteiger charge is 2.12. The van der Waals surface area contributed by atoms with E-state index in [2.05, 4.69) is 10.2 Å². The van der Waals surface area contributed by atoms with Crippen LogP contribution in [0.25, 0.3) is 0 Å². The highest BCUT2D eigenvalue weighted by atomic mass is 16.6. The first-order valence-corrected chi connectivity index (χ1v) is 7.26. The molecule has 7 nitrogen and oxygen atoms in total. The molecule has 0 aliphatic rings. The number of nitrogens with zero attached hydrogens (tertiary/aromatic N) is 2. The Hall–Kier alpha value is -3.35. The van der Waals surface area contributed by atoms with Gasteiger partial charge in [-0.05, 0) is 42.8 Å². The quantitative estimate of drug-likeness (QED) is 0.277. The molecule has 4 N–H and O–H groups in total. The van der Waals surface area contributed by atoms with Gasteiger partial charge in [0.25, 0.3) is 0 Å². The Morgan fingerprint density at radius 3 is 2.54 bits per heavy atom. The number of guanidine groups is 1. The first kappa shape index (κ1) is 17.0. The van der Waals surface area contributed by atoms with Crippen molar-refractivity contribution >= 4 is 18.1 Å². The third kappa shape index (κ3) is 4.84. The number of nitrogens with two attached hydrogens (primary N) is 2. The maximum Gasteiger partial charge on any atom is 0.343 e. The molecule has 0 spiro atoms. The lowest BCUT2D eigenvalue weighted by atomic mass is 10.2. The summed E-state index contributed by atoms with van der Waals surface area (Å²) in [4.78, 5) is 12.2. The molecule has 0 radical (unpaired) electrons. The Bertz CT molecular complexity index is 754. The Morgan fingerprint density at radius 1 is 1.12 bits per heavy atom. The first-order chi connectivity index (χ1) is 11.6. The molecule has 124 valence electrons. The summed E-state index contributed by atoms with van der Waals surface area (Å²) >= 11 is 0. The number of ether oxygens (including phenoxy) is 2. The summed E-state index contributed by atoms with van der Waals surface area (Å²) in [5.74, 6) is 0.156. The molecule has 0 aromatic heterocycles. The zero-order valence-electron chi connectivity index (χ0n) is 13.2. The van der Waals surface area contributed by atoms with Gasteiger partial charge in [0.1, 0.15) is 0 Å². The Kier molecular flexibility index (Phi) is 5.90. The summed E-state index contributed by atoms with van der Waals surface area (Å²) in [6.07, 6.45) is 1.46. The lowest BCUT2D eigenvalue weighted by Crippen LogP contribution is -2.21. The van der Waals surface area contributed by atoms with E-state index >= 15 is 0 Å². The Balaban J connectivity index is 2.21. The van der Waals surface area contributed by atoms with Crippen LogP contribution in [0.2, 0.25) is 0 Å². The SMILES string of the molecule is CCOc1cc(C=NN=C(N)N)ccc1OC(=O)c1ccccc1. The highest BCUT2D eigenvalue weighted by molar-refractivity contribution is 5.91. The fraction of sp³-hybridized carbons (Fsp3) is 0.118. The van der Waals surface area contributed by atoms with Gasteiger partial charge in [0, 0.05) is 0 Å². The van der Waals surface area contributed by atoms with Crippen LogP contribution < -0.4 is 20.9 Å². The van der Waals surface area contributed by atoms with Crippen molar-refractivity contribution in [3.05, 3.63) is 59.7 Å². The van der Waals surface area contributed by atoms with Crippen molar-refractivity contribution < 1.29 is 14.3 Å². The van der Waals surface area contributed by atoms with Crippen molar-refractivity contribution in [2.75, 3.05) is 6.61 Å². The van der Waals surface area contributed by atoms with Gasteiger partial charge in [-0.3, -0.25) is 0 Å².